The van der Waals surface area contributed by atoms with Gasteiger partial charge >= 0.3 is 0 Å². The van der Waals surface area contributed by atoms with E-state index in [1.54, 1.807) is 23.1 Å². The molecule has 0 fully saturated rings. The minimum atomic E-state index is -0.361. The van der Waals surface area contributed by atoms with Gasteiger partial charge < -0.3 is 5.32 Å². The fourth-order valence-corrected chi connectivity index (χ4v) is 3.07. The van der Waals surface area contributed by atoms with Crippen molar-refractivity contribution in [2.75, 3.05) is 0 Å². The van der Waals surface area contributed by atoms with Crippen LogP contribution in [0.3, 0.4) is 0 Å². The molecule has 0 saturated heterocycles. The quantitative estimate of drug-likeness (QED) is 0.550. The molecule has 3 rings (SSSR count). The minimum absolute atomic E-state index is 0.246. The topological polar surface area (TPSA) is 85.6 Å². The molecular formula is C18H20N6OS. The van der Waals surface area contributed by atoms with Crippen LogP contribution in [0, 0.1) is 0 Å². The Morgan fingerprint density at radius 3 is 2.46 bits per heavy atom. The SMILES string of the molecule is CC(C)(C)NC(=O)c1nnn(-c2ccccc2)c1CSc1ncccn1. The van der Waals surface area contributed by atoms with E-state index in [4.69, 9.17) is 0 Å². The van der Waals surface area contributed by atoms with Crippen molar-refractivity contribution in [3.8, 4) is 5.69 Å². The molecule has 1 amide bonds. The Morgan fingerprint density at radius 2 is 1.81 bits per heavy atom. The first-order chi connectivity index (χ1) is 12.4. The highest BCUT2D eigenvalue weighted by Crippen LogP contribution is 2.23. The molecule has 3 aromatic rings. The van der Waals surface area contributed by atoms with Crippen molar-refractivity contribution >= 4 is 17.7 Å². The van der Waals surface area contributed by atoms with Gasteiger partial charge in [-0.05, 0) is 39.0 Å². The van der Waals surface area contributed by atoms with Gasteiger partial charge in [-0.1, -0.05) is 35.2 Å². The van der Waals surface area contributed by atoms with Gasteiger partial charge in [0.1, 0.15) is 0 Å². The zero-order valence-corrected chi connectivity index (χ0v) is 15.7. The number of nitrogens with zero attached hydrogens (tertiary/aromatic N) is 5. The molecule has 0 saturated carbocycles. The van der Waals surface area contributed by atoms with Crippen LogP contribution in [-0.4, -0.2) is 36.4 Å². The molecule has 0 radical (unpaired) electrons. The molecule has 26 heavy (non-hydrogen) atoms. The normalized spacial score (nSPS) is 11.3. The van der Waals surface area contributed by atoms with Gasteiger partial charge in [-0.3, -0.25) is 4.79 Å². The Kier molecular flexibility index (Phi) is 5.32. The second-order valence-electron chi connectivity index (χ2n) is 6.66. The van der Waals surface area contributed by atoms with Crippen LogP contribution in [0.5, 0.6) is 0 Å². The van der Waals surface area contributed by atoms with E-state index < -0.39 is 0 Å². The van der Waals surface area contributed by atoms with Gasteiger partial charge in [0.2, 0.25) is 0 Å². The Labute approximate surface area is 156 Å². The van der Waals surface area contributed by atoms with Crippen molar-refractivity contribution in [1.82, 2.24) is 30.3 Å². The number of hydrogen-bond donors (Lipinski definition) is 1. The summed E-state index contributed by atoms with van der Waals surface area (Å²) in [5.41, 5.74) is 1.50. The molecule has 2 aromatic heterocycles. The Balaban J connectivity index is 1.94. The number of rotatable bonds is 5. The summed E-state index contributed by atoms with van der Waals surface area (Å²) in [7, 11) is 0. The lowest BCUT2D eigenvalue weighted by Gasteiger charge is -2.20. The number of benzene rings is 1. The largest absolute Gasteiger partial charge is 0.346 e. The molecule has 0 aliphatic heterocycles. The number of carbonyl (C=O) groups excluding carboxylic acids is 1. The molecule has 134 valence electrons. The van der Waals surface area contributed by atoms with Crippen LogP contribution in [0.15, 0.2) is 53.9 Å². The van der Waals surface area contributed by atoms with E-state index in [0.717, 1.165) is 5.69 Å². The summed E-state index contributed by atoms with van der Waals surface area (Å²) in [6.45, 7) is 5.79. The van der Waals surface area contributed by atoms with Gasteiger partial charge in [0.15, 0.2) is 10.9 Å². The molecule has 0 spiro atoms. The third-order valence-electron chi connectivity index (χ3n) is 3.35. The van der Waals surface area contributed by atoms with Crippen molar-refractivity contribution in [3.05, 3.63) is 60.2 Å². The van der Waals surface area contributed by atoms with E-state index in [1.807, 2.05) is 51.1 Å². The summed E-state index contributed by atoms with van der Waals surface area (Å²) >= 11 is 1.43. The second kappa shape index (κ2) is 7.65. The average Bonchev–Trinajstić information content (AvgIpc) is 3.04. The van der Waals surface area contributed by atoms with Crippen LogP contribution in [0.2, 0.25) is 0 Å². The monoisotopic (exact) mass is 368 g/mol. The number of amides is 1. The zero-order valence-electron chi connectivity index (χ0n) is 14.9. The Bertz CT molecular complexity index is 874. The molecule has 1 aromatic carbocycles. The van der Waals surface area contributed by atoms with Crippen molar-refractivity contribution in [2.24, 2.45) is 0 Å². The standard InChI is InChI=1S/C18H20N6OS/c1-18(2,3)21-16(25)15-14(12-26-17-19-10-7-11-20-17)24(23-22-15)13-8-5-4-6-9-13/h4-11H,12H2,1-3H3,(H,21,25). The highest BCUT2D eigenvalue weighted by atomic mass is 32.2. The van der Waals surface area contributed by atoms with E-state index in [-0.39, 0.29) is 11.4 Å². The number of para-hydroxylation sites is 1. The van der Waals surface area contributed by atoms with Gasteiger partial charge in [-0.2, -0.15) is 0 Å². The van der Waals surface area contributed by atoms with Crippen LogP contribution in [0.4, 0.5) is 0 Å². The van der Waals surface area contributed by atoms with Crippen LogP contribution in [0.1, 0.15) is 37.0 Å². The number of thioether (sulfide) groups is 1. The van der Waals surface area contributed by atoms with Crippen LogP contribution < -0.4 is 5.32 Å². The highest BCUT2D eigenvalue weighted by molar-refractivity contribution is 7.98. The molecule has 0 atom stereocenters. The molecule has 0 aliphatic rings. The van der Waals surface area contributed by atoms with Crippen LogP contribution in [-0.2, 0) is 5.75 Å². The maximum atomic E-state index is 12.7. The van der Waals surface area contributed by atoms with Gasteiger partial charge in [0, 0.05) is 23.7 Å². The zero-order chi connectivity index (χ0) is 18.6. The number of hydrogen-bond acceptors (Lipinski definition) is 6. The van der Waals surface area contributed by atoms with Gasteiger partial charge in [-0.25, -0.2) is 14.6 Å². The van der Waals surface area contributed by atoms with E-state index in [9.17, 15) is 4.79 Å². The first-order valence-corrected chi connectivity index (χ1v) is 9.15. The summed E-state index contributed by atoms with van der Waals surface area (Å²) in [5, 5.41) is 11.9. The summed E-state index contributed by atoms with van der Waals surface area (Å²) < 4.78 is 1.69. The fraction of sp³-hybridized carbons (Fsp3) is 0.278. The maximum absolute atomic E-state index is 12.7. The van der Waals surface area contributed by atoms with E-state index in [1.165, 1.54) is 11.8 Å². The number of nitrogens with one attached hydrogen (secondary N) is 1. The molecule has 8 heteroatoms. The van der Waals surface area contributed by atoms with Gasteiger partial charge in [0.05, 0.1) is 11.4 Å². The Hall–Kier alpha value is -2.74. The summed E-state index contributed by atoms with van der Waals surface area (Å²) in [6.07, 6.45) is 3.38. The summed E-state index contributed by atoms with van der Waals surface area (Å²) in [4.78, 5) is 21.1. The second-order valence-corrected chi connectivity index (χ2v) is 7.60. The predicted octanol–water partition coefficient (Wildman–Crippen LogP) is 2.88. The van der Waals surface area contributed by atoms with Gasteiger partial charge in [0.25, 0.3) is 5.91 Å². The molecule has 7 nitrogen and oxygen atoms in total. The highest BCUT2D eigenvalue weighted by Gasteiger charge is 2.24. The van der Waals surface area contributed by atoms with Crippen LogP contribution in [0.25, 0.3) is 5.69 Å². The van der Waals surface area contributed by atoms with Crippen molar-refractivity contribution in [1.29, 1.82) is 0 Å². The summed E-state index contributed by atoms with van der Waals surface area (Å²) in [5.74, 6) is 0.225. The molecule has 2 heterocycles. The fourth-order valence-electron chi connectivity index (χ4n) is 2.28. The average molecular weight is 368 g/mol. The first-order valence-electron chi connectivity index (χ1n) is 8.16. The molecule has 0 bridgehead atoms. The first kappa shape index (κ1) is 18.1. The Morgan fingerprint density at radius 1 is 1.12 bits per heavy atom. The molecule has 1 N–H and O–H groups in total. The lowest BCUT2D eigenvalue weighted by Crippen LogP contribution is -2.41. The number of carbonyl (C=O) groups is 1. The predicted molar refractivity (Wildman–Crippen MR) is 100 cm³/mol. The molecule has 0 unspecified atom stereocenters. The van der Waals surface area contributed by atoms with Gasteiger partial charge in [-0.15, -0.1) is 5.10 Å². The lowest BCUT2D eigenvalue weighted by atomic mass is 10.1. The molecule has 0 aliphatic carbocycles. The van der Waals surface area contributed by atoms with Crippen molar-refractivity contribution < 1.29 is 4.79 Å². The maximum Gasteiger partial charge on any atom is 0.274 e. The van der Waals surface area contributed by atoms with E-state index in [2.05, 4.69) is 25.6 Å². The minimum Gasteiger partial charge on any atom is -0.346 e. The summed E-state index contributed by atoms with van der Waals surface area (Å²) in [6, 6.07) is 11.4. The van der Waals surface area contributed by atoms with E-state index >= 15 is 0 Å². The van der Waals surface area contributed by atoms with Crippen molar-refractivity contribution in [3.63, 3.8) is 0 Å². The molecular weight excluding hydrogens is 348 g/mol. The van der Waals surface area contributed by atoms with E-state index in [0.29, 0.717) is 22.3 Å². The smallest absolute Gasteiger partial charge is 0.274 e. The number of aromatic nitrogens is 5. The third kappa shape index (κ3) is 4.45. The lowest BCUT2D eigenvalue weighted by molar-refractivity contribution is 0.0913. The van der Waals surface area contributed by atoms with Crippen molar-refractivity contribution in [2.45, 2.75) is 37.2 Å². The third-order valence-corrected chi connectivity index (χ3v) is 4.23. The van der Waals surface area contributed by atoms with Crippen LogP contribution >= 0.6 is 11.8 Å².